The van der Waals surface area contributed by atoms with Gasteiger partial charge < -0.3 is 10.0 Å². The highest BCUT2D eigenvalue weighted by molar-refractivity contribution is 7.10. The van der Waals surface area contributed by atoms with E-state index in [9.17, 15) is 9.90 Å². The Bertz CT molecular complexity index is 523. The molecule has 1 aliphatic carbocycles. The lowest BCUT2D eigenvalue weighted by molar-refractivity contribution is 0.0465. The van der Waals surface area contributed by atoms with Crippen LogP contribution in [-0.2, 0) is 12.8 Å². The first-order chi connectivity index (χ1) is 10.1. The Morgan fingerprint density at radius 1 is 1.48 bits per heavy atom. The molecule has 0 spiro atoms. The molecular formula is C17H25NO2S. The van der Waals surface area contributed by atoms with Gasteiger partial charge >= 0.3 is 0 Å². The van der Waals surface area contributed by atoms with Crippen LogP contribution in [0.1, 0.15) is 53.9 Å². The van der Waals surface area contributed by atoms with Crippen LogP contribution in [0, 0.1) is 11.8 Å². The van der Waals surface area contributed by atoms with E-state index in [2.05, 4.69) is 12.3 Å². The maximum Gasteiger partial charge on any atom is 0.254 e. The zero-order valence-electron chi connectivity index (χ0n) is 13.0. The molecule has 3 atom stereocenters. The van der Waals surface area contributed by atoms with Gasteiger partial charge in [-0.25, -0.2) is 0 Å². The van der Waals surface area contributed by atoms with Gasteiger partial charge in [0.05, 0.1) is 11.7 Å². The lowest BCUT2D eigenvalue weighted by Gasteiger charge is -2.34. The number of likely N-dealkylation sites (tertiary alicyclic amines) is 1. The molecule has 3 rings (SSSR count). The van der Waals surface area contributed by atoms with E-state index >= 15 is 0 Å². The van der Waals surface area contributed by atoms with E-state index in [1.54, 1.807) is 11.3 Å². The number of carbonyl (C=O) groups excluding carboxylic acids is 1. The Kier molecular flexibility index (Phi) is 4.36. The maximum absolute atomic E-state index is 12.8. The van der Waals surface area contributed by atoms with Crippen LogP contribution in [0.3, 0.4) is 0 Å². The van der Waals surface area contributed by atoms with E-state index in [4.69, 9.17) is 0 Å². The van der Waals surface area contributed by atoms with Crippen molar-refractivity contribution in [3.05, 3.63) is 21.4 Å². The summed E-state index contributed by atoms with van der Waals surface area (Å²) in [6.07, 6.45) is 5.09. The molecule has 1 aliphatic heterocycles. The first-order valence-electron chi connectivity index (χ1n) is 8.13. The molecule has 0 saturated carbocycles. The molecular weight excluding hydrogens is 282 g/mol. The molecule has 1 aromatic rings. The Morgan fingerprint density at radius 3 is 3.05 bits per heavy atom. The second-order valence-electron chi connectivity index (χ2n) is 6.79. The molecule has 4 heteroatoms. The minimum atomic E-state index is -0.321. The van der Waals surface area contributed by atoms with Crippen LogP contribution < -0.4 is 0 Å². The number of rotatable bonds is 2. The van der Waals surface area contributed by atoms with Gasteiger partial charge in [0.25, 0.3) is 5.91 Å². The average Bonchev–Trinajstić information content (AvgIpc) is 2.89. The summed E-state index contributed by atoms with van der Waals surface area (Å²) in [4.78, 5) is 16.2. The zero-order chi connectivity index (χ0) is 15.0. The van der Waals surface area contributed by atoms with Crippen LogP contribution in [0.4, 0.5) is 0 Å². The SMILES string of the molecule is CC1CCc2c(C(=O)N3CCCC(C(C)O)C3)csc2C1. The number of fused-ring (bicyclic) bond motifs is 1. The Hall–Kier alpha value is -0.870. The standard InChI is InChI=1S/C17H25NO2S/c1-11-5-6-14-15(10-21-16(14)8-11)17(20)18-7-3-4-13(9-18)12(2)19/h10-13,19H,3-9H2,1-2H3. The number of thiophene rings is 1. The molecule has 0 radical (unpaired) electrons. The highest BCUT2D eigenvalue weighted by atomic mass is 32.1. The van der Waals surface area contributed by atoms with Crippen molar-refractivity contribution in [1.82, 2.24) is 4.90 Å². The molecule has 1 N–H and O–H groups in total. The highest BCUT2D eigenvalue weighted by Gasteiger charge is 2.30. The van der Waals surface area contributed by atoms with E-state index < -0.39 is 0 Å². The summed E-state index contributed by atoms with van der Waals surface area (Å²) in [5.74, 6) is 1.17. The number of aliphatic hydroxyl groups excluding tert-OH is 1. The molecule has 2 aliphatic rings. The van der Waals surface area contributed by atoms with Crippen molar-refractivity contribution in [2.24, 2.45) is 11.8 Å². The van der Waals surface area contributed by atoms with Crippen LogP contribution in [0.5, 0.6) is 0 Å². The van der Waals surface area contributed by atoms with Crippen molar-refractivity contribution >= 4 is 17.2 Å². The van der Waals surface area contributed by atoms with Gasteiger partial charge in [-0.15, -0.1) is 11.3 Å². The van der Waals surface area contributed by atoms with E-state index in [1.807, 2.05) is 11.8 Å². The molecule has 0 bridgehead atoms. The van der Waals surface area contributed by atoms with Crippen molar-refractivity contribution in [3.8, 4) is 0 Å². The summed E-state index contributed by atoms with van der Waals surface area (Å²) >= 11 is 1.76. The Labute approximate surface area is 131 Å². The summed E-state index contributed by atoms with van der Waals surface area (Å²) in [5, 5.41) is 11.9. The van der Waals surface area contributed by atoms with Crippen molar-refractivity contribution in [3.63, 3.8) is 0 Å². The molecule has 1 fully saturated rings. The third kappa shape index (κ3) is 3.02. The van der Waals surface area contributed by atoms with Crippen LogP contribution in [0.2, 0.25) is 0 Å². The number of hydrogen-bond acceptors (Lipinski definition) is 3. The van der Waals surface area contributed by atoms with E-state index in [-0.39, 0.29) is 17.9 Å². The fraction of sp³-hybridized carbons (Fsp3) is 0.706. The monoisotopic (exact) mass is 307 g/mol. The first-order valence-corrected chi connectivity index (χ1v) is 9.00. The number of hydrogen-bond donors (Lipinski definition) is 1. The van der Waals surface area contributed by atoms with E-state index in [1.165, 1.54) is 16.9 Å². The van der Waals surface area contributed by atoms with Crippen molar-refractivity contribution < 1.29 is 9.90 Å². The molecule has 0 aromatic carbocycles. The molecule has 21 heavy (non-hydrogen) atoms. The fourth-order valence-corrected chi connectivity index (χ4v) is 4.85. The summed E-state index contributed by atoms with van der Waals surface area (Å²) < 4.78 is 0. The quantitative estimate of drug-likeness (QED) is 0.912. The maximum atomic E-state index is 12.8. The van der Waals surface area contributed by atoms with Crippen molar-refractivity contribution in [2.45, 2.75) is 52.1 Å². The minimum Gasteiger partial charge on any atom is -0.393 e. The molecule has 2 heterocycles. The van der Waals surface area contributed by atoms with Crippen LogP contribution in [-0.4, -0.2) is 35.1 Å². The summed E-state index contributed by atoms with van der Waals surface area (Å²) in [6, 6.07) is 0. The van der Waals surface area contributed by atoms with Crippen molar-refractivity contribution in [2.75, 3.05) is 13.1 Å². The highest BCUT2D eigenvalue weighted by Crippen LogP contribution is 2.34. The van der Waals surface area contributed by atoms with Gasteiger partial charge in [0.15, 0.2) is 0 Å². The number of amides is 1. The molecule has 116 valence electrons. The summed E-state index contributed by atoms with van der Waals surface area (Å²) in [7, 11) is 0. The summed E-state index contributed by atoms with van der Waals surface area (Å²) in [5.41, 5.74) is 2.25. The molecule has 1 amide bonds. The topological polar surface area (TPSA) is 40.5 Å². The number of piperidine rings is 1. The zero-order valence-corrected chi connectivity index (χ0v) is 13.8. The molecule has 1 saturated heterocycles. The van der Waals surface area contributed by atoms with Gasteiger partial charge in [-0.2, -0.15) is 0 Å². The third-order valence-electron chi connectivity index (χ3n) is 5.06. The largest absolute Gasteiger partial charge is 0.393 e. The van der Waals surface area contributed by atoms with Gasteiger partial charge in [0.1, 0.15) is 0 Å². The van der Waals surface area contributed by atoms with Gasteiger partial charge in [-0.1, -0.05) is 6.92 Å². The lowest BCUT2D eigenvalue weighted by atomic mass is 9.88. The normalized spacial score (nSPS) is 27.3. The summed E-state index contributed by atoms with van der Waals surface area (Å²) in [6.45, 7) is 5.68. The lowest BCUT2D eigenvalue weighted by Crippen LogP contribution is -2.43. The number of nitrogens with zero attached hydrogens (tertiary/aromatic N) is 1. The van der Waals surface area contributed by atoms with Crippen LogP contribution >= 0.6 is 11.3 Å². The smallest absolute Gasteiger partial charge is 0.254 e. The number of carbonyl (C=O) groups is 1. The predicted molar refractivity (Wildman–Crippen MR) is 85.8 cm³/mol. The van der Waals surface area contributed by atoms with Crippen LogP contribution in [0.15, 0.2) is 5.38 Å². The second-order valence-corrected chi connectivity index (χ2v) is 7.76. The average molecular weight is 307 g/mol. The molecule has 3 nitrogen and oxygen atoms in total. The van der Waals surface area contributed by atoms with Crippen LogP contribution in [0.25, 0.3) is 0 Å². The molecule has 1 aromatic heterocycles. The fourth-order valence-electron chi connectivity index (χ4n) is 3.62. The van der Waals surface area contributed by atoms with Gasteiger partial charge in [0, 0.05) is 29.3 Å². The van der Waals surface area contributed by atoms with Gasteiger partial charge in [-0.3, -0.25) is 4.79 Å². The van der Waals surface area contributed by atoms with Gasteiger partial charge in [0.2, 0.25) is 0 Å². The molecule has 3 unspecified atom stereocenters. The Balaban J connectivity index is 1.76. The van der Waals surface area contributed by atoms with E-state index in [0.717, 1.165) is 43.7 Å². The second kappa shape index (κ2) is 6.09. The Morgan fingerprint density at radius 2 is 2.29 bits per heavy atom. The predicted octanol–water partition coefficient (Wildman–Crippen LogP) is 3.11. The first kappa shape index (κ1) is 15.0. The van der Waals surface area contributed by atoms with Crippen molar-refractivity contribution in [1.29, 1.82) is 0 Å². The van der Waals surface area contributed by atoms with Gasteiger partial charge in [-0.05, 0) is 50.5 Å². The third-order valence-corrected chi connectivity index (χ3v) is 6.11. The van der Waals surface area contributed by atoms with E-state index in [0.29, 0.717) is 6.54 Å². The minimum absolute atomic E-state index is 0.187. The number of aliphatic hydroxyl groups is 1.